The molecule has 108 valence electrons. The van der Waals surface area contributed by atoms with Gasteiger partial charge in [0.2, 0.25) is 0 Å². The monoisotopic (exact) mass is 290 g/mol. The third-order valence-corrected chi connectivity index (χ3v) is 4.09. The first-order valence-corrected chi connectivity index (χ1v) is 7.68. The van der Waals surface area contributed by atoms with Gasteiger partial charge in [0, 0.05) is 11.8 Å². The summed E-state index contributed by atoms with van der Waals surface area (Å²) in [6.07, 6.45) is 0.814. The van der Waals surface area contributed by atoms with E-state index in [-0.39, 0.29) is 5.54 Å². The molecule has 0 aliphatic heterocycles. The highest BCUT2D eigenvalue weighted by molar-refractivity contribution is 7.09. The molecule has 0 unspecified atom stereocenters. The predicted octanol–water partition coefficient (Wildman–Crippen LogP) is 3.58. The van der Waals surface area contributed by atoms with Crippen LogP contribution in [0.1, 0.15) is 35.7 Å². The van der Waals surface area contributed by atoms with Crippen molar-refractivity contribution in [1.82, 2.24) is 4.98 Å². The summed E-state index contributed by atoms with van der Waals surface area (Å²) in [5, 5.41) is 3.11. The van der Waals surface area contributed by atoms with Crippen LogP contribution in [0.2, 0.25) is 0 Å². The summed E-state index contributed by atoms with van der Waals surface area (Å²) in [6, 6.07) is 6.19. The number of thiazole rings is 1. The molecule has 1 aromatic carbocycles. The Hall–Kier alpha value is -1.39. The average molecular weight is 290 g/mol. The summed E-state index contributed by atoms with van der Waals surface area (Å²) >= 11 is 1.65. The number of aromatic nitrogens is 1. The molecule has 0 spiro atoms. The number of hydrogen-bond acceptors (Lipinski definition) is 4. The van der Waals surface area contributed by atoms with E-state index in [0.717, 1.165) is 22.9 Å². The Morgan fingerprint density at radius 2 is 1.90 bits per heavy atom. The van der Waals surface area contributed by atoms with E-state index < -0.39 is 0 Å². The van der Waals surface area contributed by atoms with Gasteiger partial charge >= 0.3 is 0 Å². The molecule has 1 heterocycles. The number of nitrogens with zero attached hydrogens (tertiary/aromatic N) is 1. The number of rotatable bonds is 5. The van der Waals surface area contributed by atoms with Crippen molar-refractivity contribution in [2.24, 2.45) is 5.73 Å². The van der Waals surface area contributed by atoms with E-state index in [4.69, 9.17) is 10.5 Å². The largest absolute Gasteiger partial charge is 0.493 e. The Kier molecular flexibility index (Phi) is 4.45. The molecule has 4 heteroatoms. The predicted molar refractivity (Wildman–Crippen MR) is 84.4 cm³/mol. The molecule has 2 N–H and O–H groups in total. The fraction of sp³-hybridized carbons (Fsp3) is 0.438. The van der Waals surface area contributed by atoms with Crippen LogP contribution in [0.3, 0.4) is 0 Å². The van der Waals surface area contributed by atoms with Gasteiger partial charge in [-0.2, -0.15) is 0 Å². The van der Waals surface area contributed by atoms with Crippen LogP contribution < -0.4 is 10.5 Å². The molecule has 20 heavy (non-hydrogen) atoms. The first-order valence-electron chi connectivity index (χ1n) is 6.80. The van der Waals surface area contributed by atoms with Crippen molar-refractivity contribution >= 4 is 11.3 Å². The molecule has 0 aliphatic rings. The Bertz CT molecular complexity index is 564. The normalized spacial score (nSPS) is 11.7. The van der Waals surface area contributed by atoms with Crippen LogP contribution in [0.4, 0.5) is 0 Å². The smallest absolute Gasteiger partial charge is 0.125 e. The van der Waals surface area contributed by atoms with Crippen LogP contribution in [-0.2, 0) is 12.0 Å². The van der Waals surface area contributed by atoms with Crippen molar-refractivity contribution in [1.29, 1.82) is 0 Å². The molecule has 0 radical (unpaired) electrons. The molecule has 0 amide bonds. The standard InChI is InChI=1S/C16H22N2OS/c1-11-6-5-7-12(2)15(11)19-9-8-14-18-13(10-20-14)16(3,4)17/h5-7,10H,8-9,17H2,1-4H3. The summed E-state index contributed by atoms with van der Waals surface area (Å²) in [5.74, 6) is 0.989. The van der Waals surface area contributed by atoms with E-state index in [2.05, 4.69) is 31.0 Å². The van der Waals surface area contributed by atoms with Crippen molar-refractivity contribution in [2.45, 2.75) is 39.7 Å². The first kappa shape index (κ1) is 15.0. The highest BCUT2D eigenvalue weighted by Gasteiger charge is 2.17. The molecule has 0 saturated heterocycles. The van der Waals surface area contributed by atoms with Crippen LogP contribution in [0.25, 0.3) is 0 Å². The lowest BCUT2D eigenvalue weighted by Crippen LogP contribution is -2.29. The molecule has 0 fully saturated rings. The molecule has 2 rings (SSSR count). The van der Waals surface area contributed by atoms with Crippen LogP contribution in [0, 0.1) is 13.8 Å². The van der Waals surface area contributed by atoms with Crippen molar-refractivity contribution in [3.05, 3.63) is 45.4 Å². The van der Waals surface area contributed by atoms with E-state index >= 15 is 0 Å². The fourth-order valence-electron chi connectivity index (χ4n) is 1.99. The van der Waals surface area contributed by atoms with Crippen LogP contribution in [-0.4, -0.2) is 11.6 Å². The zero-order valence-corrected chi connectivity index (χ0v) is 13.4. The van der Waals surface area contributed by atoms with Crippen molar-refractivity contribution in [3.8, 4) is 5.75 Å². The quantitative estimate of drug-likeness (QED) is 0.915. The maximum absolute atomic E-state index is 6.04. The van der Waals surface area contributed by atoms with Gasteiger partial charge < -0.3 is 10.5 Å². The molecule has 3 nitrogen and oxygen atoms in total. The molecule has 0 atom stereocenters. The Morgan fingerprint density at radius 3 is 2.45 bits per heavy atom. The Labute approximate surface area is 124 Å². The van der Waals surface area contributed by atoms with Crippen molar-refractivity contribution in [3.63, 3.8) is 0 Å². The number of nitrogens with two attached hydrogens (primary N) is 1. The Morgan fingerprint density at radius 1 is 1.25 bits per heavy atom. The number of para-hydroxylation sites is 1. The van der Waals surface area contributed by atoms with Crippen LogP contribution in [0.5, 0.6) is 5.75 Å². The van der Waals surface area contributed by atoms with Crippen LogP contribution >= 0.6 is 11.3 Å². The zero-order chi connectivity index (χ0) is 14.8. The van der Waals surface area contributed by atoms with Crippen molar-refractivity contribution in [2.75, 3.05) is 6.61 Å². The second-order valence-electron chi connectivity index (χ2n) is 5.67. The summed E-state index contributed by atoms with van der Waals surface area (Å²) < 4.78 is 5.90. The van der Waals surface area contributed by atoms with E-state index in [1.54, 1.807) is 11.3 Å². The van der Waals surface area contributed by atoms with Crippen molar-refractivity contribution < 1.29 is 4.74 Å². The topological polar surface area (TPSA) is 48.1 Å². The van der Waals surface area contributed by atoms with E-state index in [1.807, 2.05) is 25.3 Å². The van der Waals surface area contributed by atoms with Gasteiger partial charge in [-0.15, -0.1) is 11.3 Å². The lowest BCUT2D eigenvalue weighted by atomic mass is 10.0. The van der Waals surface area contributed by atoms with Gasteiger partial charge in [0.05, 0.1) is 22.8 Å². The van der Waals surface area contributed by atoms with E-state index in [0.29, 0.717) is 6.61 Å². The van der Waals surface area contributed by atoms with Gasteiger partial charge in [0.25, 0.3) is 0 Å². The summed E-state index contributed by atoms with van der Waals surface area (Å²) in [4.78, 5) is 4.57. The van der Waals surface area contributed by atoms with Gasteiger partial charge in [0.1, 0.15) is 5.75 Å². The molecule has 0 bridgehead atoms. The van der Waals surface area contributed by atoms with Gasteiger partial charge in [-0.1, -0.05) is 18.2 Å². The first-order chi connectivity index (χ1) is 9.38. The van der Waals surface area contributed by atoms with Gasteiger partial charge in [0.15, 0.2) is 0 Å². The third-order valence-electron chi connectivity index (χ3n) is 3.18. The van der Waals surface area contributed by atoms with Gasteiger partial charge in [-0.05, 0) is 38.8 Å². The molecular formula is C16H22N2OS. The second-order valence-corrected chi connectivity index (χ2v) is 6.61. The zero-order valence-electron chi connectivity index (χ0n) is 12.6. The molecular weight excluding hydrogens is 268 g/mol. The lowest BCUT2D eigenvalue weighted by molar-refractivity contribution is 0.317. The molecule has 0 saturated carbocycles. The fourth-order valence-corrected chi connectivity index (χ4v) is 2.95. The highest BCUT2D eigenvalue weighted by Crippen LogP contribution is 2.23. The van der Waals surface area contributed by atoms with E-state index in [9.17, 15) is 0 Å². The minimum atomic E-state index is -0.373. The molecule has 1 aromatic heterocycles. The van der Waals surface area contributed by atoms with Gasteiger partial charge in [-0.3, -0.25) is 0 Å². The number of hydrogen-bond donors (Lipinski definition) is 1. The molecule has 2 aromatic rings. The van der Waals surface area contributed by atoms with Gasteiger partial charge in [-0.25, -0.2) is 4.98 Å². The maximum Gasteiger partial charge on any atom is 0.125 e. The summed E-state index contributed by atoms with van der Waals surface area (Å²) in [6.45, 7) is 8.73. The maximum atomic E-state index is 6.04. The summed E-state index contributed by atoms with van der Waals surface area (Å²) in [5.41, 5.74) is 8.97. The van der Waals surface area contributed by atoms with Crippen LogP contribution in [0.15, 0.2) is 23.6 Å². The third kappa shape index (κ3) is 3.58. The average Bonchev–Trinajstić information content (AvgIpc) is 2.81. The Balaban J connectivity index is 1.95. The number of aryl methyl sites for hydroxylation is 2. The second kappa shape index (κ2) is 5.94. The number of benzene rings is 1. The minimum absolute atomic E-state index is 0.373. The number of ether oxygens (including phenoxy) is 1. The summed E-state index contributed by atoms with van der Waals surface area (Å²) in [7, 11) is 0. The molecule has 0 aliphatic carbocycles. The highest BCUT2D eigenvalue weighted by atomic mass is 32.1. The lowest BCUT2D eigenvalue weighted by Gasteiger charge is -2.14. The van der Waals surface area contributed by atoms with E-state index in [1.165, 1.54) is 11.1 Å². The SMILES string of the molecule is Cc1cccc(C)c1OCCc1nc(C(C)(C)N)cs1. The minimum Gasteiger partial charge on any atom is -0.493 e.